The molecule has 1 rings (SSSR count). The van der Waals surface area contributed by atoms with Crippen LogP contribution in [0.1, 0.15) is 63.5 Å². The van der Waals surface area contributed by atoms with Crippen LogP contribution in [0.3, 0.4) is 0 Å². The first-order valence-corrected chi connectivity index (χ1v) is 7.03. The van der Waals surface area contributed by atoms with Crippen molar-refractivity contribution in [2.45, 2.75) is 58.9 Å². The molecule has 1 N–H and O–H groups in total. The number of nitrogens with one attached hydrogen (secondary N) is 1. The average molecular weight is 270 g/mol. The quantitative estimate of drug-likeness (QED) is 0.662. The Balaban J connectivity index is 0.00000289. The molecule has 0 aliphatic carbocycles. The lowest BCUT2D eigenvalue weighted by molar-refractivity contribution is 0.598. The monoisotopic (exact) mass is 269 g/mol. The van der Waals surface area contributed by atoms with Crippen molar-refractivity contribution in [3.63, 3.8) is 0 Å². The summed E-state index contributed by atoms with van der Waals surface area (Å²) < 4.78 is 0. The third-order valence-corrected chi connectivity index (χ3v) is 3.18. The fourth-order valence-corrected chi connectivity index (χ4v) is 1.93. The molecule has 0 atom stereocenters. The van der Waals surface area contributed by atoms with Gasteiger partial charge in [0.15, 0.2) is 0 Å². The second kappa shape index (κ2) is 10.4. The number of rotatable bonds is 8. The van der Waals surface area contributed by atoms with E-state index in [0.717, 1.165) is 13.1 Å². The molecule has 0 spiro atoms. The third-order valence-electron chi connectivity index (χ3n) is 3.18. The highest BCUT2D eigenvalue weighted by Gasteiger charge is 1.98. The van der Waals surface area contributed by atoms with Gasteiger partial charge >= 0.3 is 0 Å². The van der Waals surface area contributed by atoms with Crippen molar-refractivity contribution in [1.29, 1.82) is 0 Å². The largest absolute Gasteiger partial charge is 0.313 e. The number of halogens is 1. The summed E-state index contributed by atoms with van der Waals surface area (Å²) in [5, 5.41) is 3.51. The van der Waals surface area contributed by atoms with Gasteiger partial charge in [0.25, 0.3) is 0 Å². The Labute approximate surface area is 119 Å². The van der Waals surface area contributed by atoms with E-state index in [4.69, 9.17) is 0 Å². The van der Waals surface area contributed by atoms with Crippen LogP contribution in [0, 0.1) is 0 Å². The zero-order valence-corrected chi connectivity index (χ0v) is 12.9. The van der Waals surface area contributed by atoms with Crippen molar-refractivity contribution in [2.24, 2.45) is 0 Å². The highest BCUT2D eigenvalue weighted by Crippen LogP contribution is 2.14. The molecule has 1 nitrogen and oxygen atoms in total. The molecular weight excluding hydrogens is 242 g/mol. The van der Waals surface area contributed by atoms with Crippen LogP contribution in [-0.4, -0.2) is 6.54 Å². The lowest BCUT2D eigenvalue weighted by atomic mass is 10.0. The smallest absolute Gasteiger partial charge is 0.0205 e. The van der Waals surface area contributed by atoms with Crippen LogP contribution in [0.4, 0.5) is 0 Å². The van der Waals surface area contributed by atoms with Crippen LogP contribution in [0.2, 0.25) is 0 Å². The Kier molecular flexibility index (Phi) is 10.1. The van der Waals surface area contributed by atoms with Crippen molar-refractivity contribution < 1.29 is 0 Å². The molecule has 0 saturated carbocycles. The molecule has 0 amide bonds. The minimum Gasteiger partial charge on any atom is -0.313 e. The number of unbranched alkanes of at least 4 members (excludes halogenated alkanes) is 3. The first kappa shape index (κ1) is 17.5. The molecule has 0 aromatic heterocycles. The highest BCUT2D eigenvalue weighted by molar-refractivity contribution is 5.85. The van der Waals surface area contributed by atoms with E-state index in [1.165, 1.54) is 36.8 Å². The molecule has 0 radical (unpaired) electrons. The van der Waals surface area contributed by atoms with Crippen molar-refractivity contribution in [3.05, 3.63) is 35.4 Å². The molecule has 18 heavy (non-hydrogen) atoms. The van der Waals surface area contributed by atoms with E-state index in [1.54, 1.807) is 0 Å². The van der Waals surface area contributed by atoms with Crippen molar-refractivity contribution in [2.75, 3.05) is 6.54 Å². The molecule has 0 bridgehead atoms. The van der Waals surface area contributed by atoms with Crippen LogP contribution in [0.15, 0.2) is 24.3 Å². The van der Waals surface area contributed by atoms with E-state index in [2.05, 4.69) is 50.4 Å². The maximum Gasteiger partial charge on any atom is 0.0205 e. The fraction of sp³-hybridized carbons (Fsp3) is 0.625. The average Bonchev–Trinajstić information content (AvgIpc) is 2.34. The summed E-state index contributed by atoms with van der Waals surface area (Å²) in [7, 11) is 0. The van der Waals surface area contributed by atoms with Crippen LogP contribution >= 0.6 is 12.4 Å². The van der Waals surface area contributed by atoms with Gasteiger partial charge in [-0.2, -0.15) is 0 Å². The van der Waals surface area contributed by atoms with Gasteiger partial charge in [0.2, 0.25) is 0 Å². The van der Waals surface area contributed by atoms with Crippen molar-refractivity contribution >= 4 is 12.4 Å². The predicted molar refractivity (Wildman–Crippen MR) is 83.6 cm³/mol. The molecule has 1 aromatic carbocycles. The first-order valence-electron chi connectivity index (χ1n) is 7.03. The van der Waals surface area contributed by atoms with Gasteiger partial charge in [-0.3, -0.25) is 0 Å². The lowest BCUT2D eigenvalue weighted by Gasteiger charge is -2.08. The molecule has 0 unspecified atom stereocenters. The summed E-state index contributed by atoms with van der Waals surface area (Å²) in [4.78, 5) is 0. The lowest BCUT2D eigenvalue weighted by Crippen LogP contribution is -2.14. The maximum atomic E-state index is 3.51. The summed E-state index contributed by atoms with van der Waals surface area (Å²) in [5.74, 6) is 0.631. The van der Waals surface area contributed by atoms with E-state index in [-0.39, 0.29) is 12.4 Å². The van der Waals surface area contributed by atoms with Gasteiger partial charge in [-0.05, 0) is 30.0 Å². The summed E-state index contributed by atoms with van der Waals surface area (Å²) in [6.07, 6.45) is 5.34. The number of benzene rings is 1. The van der Waals surface area contributed by atoms with Gasteiger partial charge in [-0.1, -0.05) is 64.3 Å². The zero-order valence-electron chi connectivity index (χ0n) is 12.0. The van der Waals surface area contributed by atoms with Crippen molar-refractivity contribution in [3.8, 4) is 0 Å². The van der Waals surface area contributed by atoms with Gasteiger partial charge < -0.3 is 5.32 Å². The molecule has 2 heteroatoms. The molecule has 0 aliphatic rings. The van der Waals surface area contributed by atoms with E-state index >= 15 is 0 Å². The molecule has 0 heterocycles. The number of hydrogen-bond acceptors (Lipinski definition) is 1. The second-order valence-corrected chi connectivity index (χ2v) is 5.13. The SMILES string of the molecule is CCCCCCNCc1ccc(C(C)C)cc1.Cl. The highest BCUT2D eigenvalue weighted by atomic mass is 35.5. The Morgan fingerprint density at radius 1 is 1.00 bits per heavy atom. The Morgan fingerprint density at radius 2 is 1.67 bits per heavy atom. The van der Waals surface area contributed by atoms with Crippen LogP contribution in [0.5, 0.6) is 0 Å². The zero-order chi connectivity index (χ0) is 12.5. The van der Waals surface area contributed by atoms with Gasteiger partial charge in [0, 0.05) is 6.54 Å². The number of hydrogen-bond donors (Lipinski definition) is 1. The molecule has 1 aromatic rings. The van der Waals surface area contributed by atoms with Crippen LogP contribution in [0.25, 0.3) is 0 Å². The third kappa shape index (κ3) is 7.03. The minimum absolute atomic E-state index is 0. The molecule has 104 valence electrons. The maximum absolute atomic E-state index is 3.51. The van der Waals surface area contributed by atoms with Gasteiger partial charge in [0.1, 0.15) is 0 Å². The normalized spacial score (nSPS) is 10.4. The summed E-state index contributed by atoms with van der Waals surface area (Å²) in [6.45, 7) is 8.88. The Morgan fingerprint density at radius 3 is 2.22 bits per heavy atom. The van der Waals surface area contributed by atoms with Crippen LogP contribution < -0.4 is 5.32 Å². The Hall–Kier alpha value is -0.530. The summed E-state index contributed by atoms with van der Waals surface area (Å²) in [5.41, 5.74) is 2.82. The van der Waals surface area contributed by atoms with Crippen LogP contribution in [-0.2, 0) is 6.54 Å². The van der Waals surface area contributed by atoms with Crippen molar-refractivity contribution in [1.82, 2.24) is 5.32 Å². The predicted octanol–water partition coefficient (Wildman–Crippen LogP) is 4.90. The standard InChI is InChI=1S/C16H27N.ClH/c1-4-5-6-7-12-17-13-15-8-10-16(11-9-15)14(2)3;/h8-11,14,17H,4-7,12-13H2,1-3H3;1H. The first-order chi connectivity index (χ1) is 8.24. The van der Waals surface area contributed by atoms with Gasteiger partial charge in [-0.15, -0.1) is 12.4 Å². The molecule has 0 aliphatic heterocycles. The molecule has 0 fully saturated rings. The summed E-state index contributed by atoms with van der Waals surface area (Å²) >= 11 is 0. The van der Waals surface area contributed by atoms with E-state index in [9.17, 15) is 0 Å². The summed E-state index contributed by atoms with van der Waals surface area (Å²) in [6, 6.07) is 8.99. The van der Waals surface area contributed by atoms with Gasteiger partial charge in [0.05, 0.1) is 0 Å². The molecule has 0 saturated heterocycles. The van der Waals surface area contributed by atoms with E-state index in [1.807, 2.05) is 0 Å². The second-order valence-electron chi connectivity index (χ2n) is 5.13. The Bertz CT molecular complexity index is 292. The van der Waals surface area contributed by atoms with E-state index < -0.39 is 0 Å². The fourth-order valence-electron chi connectivity index (χ4n) is 1.93. The minimum atomic E-state index is 0. The van der Waals surface area contributed by atoms with Gasteiger partial charge in [-0.25, -0.2) is 0 Å². The topological polar surface area (TPSA) is 12.0 Å². The molecular formula is C16H28ClN. The van der Waals surface area contributed by atoms with E-state index in [0.29, 0.717) is 5.92 Å².